The summed E-state index contributed by atoms with van der Waals surface area (Å²) in [4.78, 5) is 12.3. The van der Waals surface area contributed by atoms with Crippen molar-refractivity contribution in [1.82, 2.24) is 0 Å². The first-order valence-corrected chi connectivity index (χ1v) is 13.0. The summed E-state index contributed by atoms with van der Waals surface area (Å²) in [5.41, 5.74) is 4.09. The predicted octanol–water partition coefficient (Wildman–Crippen LogP) is 6.28. The average Bonchev–Trinajstić information content (AvgIpc) is 2.73. The Balaban J connectivity index is 1.54. The third-order valence-electron chi connectivity index (χ3n) is 4.69. The van der Waals surface area contributed by atoms with Gasteiger partial charge in [0.25, 0.3) is 10.0 Å². The number of nitrogens with one attached hydrogen (secondary N) is 2. The van der Waals surface area contributed by atoms with E-state index in [9.17, 15) is 13.2 Å². The highest BCUT2D eigenvalue weighted by Gasteiger charge is 2.15. The van der Waals surface area contributed by atoms with Crippen molar-refractivity contribution in [3.63, 3.8) is 0 Å². The summed E-state index contributed by atoms with van der Waals surface area (Å²) in [6.45, 7) is 3.89. The van der Waals surface area contributed by atoms with Gasteiger partial charge in [0.2, 0.25) is 5.91 Å². The third kappa shape index (κ3) is 6.65. The Morgan fingerprint density at radius 1 is 0.875 bits per heavy atom. The Bertz CT molecular complexity index is 1230. The zero-order valence-corrected chi connectivity index (χ0v) is 20.6. The Kier molecular flexibility index (Phi) is 8.11. The van der Waals surface area contributed by atoms with Crippen LogP contribution in [-0.4, -0.2) is 20.1 Å². The monoisotopic (exact) mass is 508 g/mol. The zero-order valence-electron chi connectivity index (χ0n) is 17.5. The molecule has 0 aliphatic carbocycles. The lowest BCUT2D eigenvalue weighted by Crippen LogP contribution is -2.15. The van der Waals surface area contributed by atoms with Gasteiger partial charge in [-0.2, -0.15) is 0 Å². The van der Waals surface area contributed by atoms with Crippen molar-refractivity contribution in [2.75, 3.05) is 15.8 Å². The van der Waals surface area contributed by atoms with Gasteiger partial charge in [-0.3, -0.25) is 9.52 Å². The Morgan fingerprint density at radius 3 is 2.22 bits per heavy atom. The number of hydrogen-bond donors (Lipinski definition) is 2. The second kappa shape index (κ2) is 10.6. The van der Waals surface area contributed by atoms with Gasteiger partial charge in [-0.25, -0.2) is 8.42 Å². The maximum absolute atomic E-state index is 12.6. The highest BCUT2D eigenvalue weighted by Crippen LogP contribution is 2.25. The normalized spacial score (nSPS) is 11.2. The van der Waals surface area contributed by atoms with Crippen LogP contribution in [0.3, 0.4) is 0 Å². The molecule has 0 unspecified atom stereocenters. The van der Waals surface area contributed by atoms with E-state index in [-0.39, 0.29) is 16.6 Å². The summed E-state index contributed by atoms with van der Waals surface area (Å²) < 4.78 is 27.8. The van der Waals surface area contributed by atoms with Gasteiger partial charge in [-0.1, -0.05) is 35.3 Å². The van der Waals surface area contributed by atoms with Crippen molar-refractivity contribution in [2.45, 2.75) is 24.5 Å². The first kappa shape index (κ1) is 24.5. The van der Waals surface area contributed by atoms with Crippen LogP contribution >= 0.6 is 35.0 Å². The minimum Gasteiger partial charge on any atom is -0.325 e. The highest BCUT2D eigenvalue weighted by molar-refractivity contribution is 7.99. The second-order valence-electron chi connectivity index (χ2n) is 7.22. The van der Waals surface area contributed by atoms with E-state index in [1.54, 1.807) is 36.4 Å². The molecule has 0 aliphatic rings. The second-order valence-corrected chi connectivity index (χ2v) is 10.7. The molecule has 3 aromatic carbocycles. The largest absolute Gasteiger partial charge is 0.325 e. The maximum atomic E-state index is 12.6. The molecule has 5 nitrogen and oxygen atoms in total. The van der Waals surface area contributed by atoms with E-state index < -0.39 is 10.0 Å². The molecule has 1 amide bonds. The van der Waals surface area contributed by atoms with Crippen LogP contribution in [0, 0.1) is 13.8 Å². The van der Waals surface area contributed by atoms with Crippen LogP contribution in [0.15, 0.2) is 65.6 Å². The van der Waals surface area contributed by atoms with Gasteiger partial charge < -0.3 is 5.32 Å². The van der Waals surface area contributed by atoms with Crippen molar-refractivity contribution >= 4 is 62.3 Å². The summed E-state index contributed by atoms with van der Waals surface area (Å²) in [6, 6.07) is 16.8. The first-order valence-electron chi connectivity index (χ1n) is 9.66. The van der Waals surface area contributed by atoms with E-state index in [1.165, 1.54) is 23.9 Å². The van der Waals surface area contributed by atoms with Gasteiger partial charge in [0.05, 0.1) is 20.7 Å². The molecule has 0 saturated carbocycles. The molecule has 0 aliphatic heterocycles. The zero-order chi connectivity index (χ0) is 23.3. The van der Waals surface area contributed by atoms with Crippen LogP contribution in [0.4, 0.5) is 11.4 Å². The molecular weight excluding hydrogens is 487 g/mol. The fraction of sp³-hybridized carbons (Fsp3) is 0.174. The number of anilines is 2. The molecule has 0 saturated heterocycles. The van der Waals surface area contributed by atoms with Crippen molar-refractivity contribution in [3.05, 3.63) is 87.4 Å². The molecule has 32 heavy (non-hydrogen) atoms. The highest BCUT2D eigenvalue weighted by atomic mass is 35.5. The van der Waals surface area contributed by atoms with E-state index in [2.05, 4.69) is 10.0 Å². The summed E-state index contributed by atoms with van der Waals surface area (Å²) >= 11 is 13.3. The third-order valence-corrected chi connectivity index (χ3v) is 7.83. The van der Waals surface area contributed by atoms with Gasteiger partial charge in [0.15, 0.2) is 0 Å². The molecule has 0 bridgehead atoms. The van der Waals surface area contributed by atoms with Crippen LogP contribution in [0.25, 0.3) is 0 Å². The molecule has 0 aromatic heterocycles. The minimum absolute atomic E-state index is 0.114. The summed E-state index contributed by atoms with van der Waals surface area (Å²) in [7, 11) is -3.73. The van der Waals surface area contributed by atoms with Gasteiger partial charge in [0.1, 0.15) is 0 Å². The number of halogens is 2. The molecule has 0 atom stereocenters. The lowest BCUT2D eigenvalue weighted by molar-refractivity contribution is -0.113. The minimum atomic E-state index is -3.73. The van der Waals surface area contributed by atoms with E-state index >= 15 is 0 Å². The van der Waals surface area contributed by atoms with Crippen molar-refractivity contribution in [2.24, 2.45) is 0 Å². The van der Waals surface area contributed by atoms with Crippen molar-refractivity contribution in [3.8, 4) is 0 Å². The number of sulfonamides is 1. The molecular formula is C23H22Cl2N2O3S2. The number of aryl methyl sites for hydroxylation is 2. The fourth-order valence-corrected chi connectivity index (χ4v) is 4.97. The SMILES string of the molecule is Cc1ccc(NS(=O)(=O)c2ccc(NC(=O)CSCc3ccc(Cl)c(Cl)c3)cc2)cc1C. The quantitative estimate of drug-likeness (QED) is 0.375. The number of benzene rings is 3. The predicted molar refractivity (Wildman–Crippen MR) is 134 cm³/mol. The lowest BCUT2D eigenvalue weighted by Gasteiger charge is -2.11. The van der Waals surface area contributed by atoms with Crippen LogP contribution in [0.5, 0.6) is 0 Å². The van der Waals surface area contributed by atoms with E-state index in [1.807, 2.05) is 26.0 Å². The number of thioether (sulfide) groups is 1. The standard InChI is InChI=1S/C23H22Cl2N2O3S2/c1-15-3-5-19(11-16(15)2)27-32(29,30)20-8-6-18(7-9-20)26-23(28)14-31-13-17-4-10-21(24)22(25)12-17/h3-12,27H,13-14H2,1-2H3,(H,26,28). The summed E-state index contributed by atoms with van der Waals surface area (Å²) in [5, 5.41) is 3.74. The van der Waals surface area contributed by atoms with Crippen LogP contribution in [0.2, 0.25) is 10.0 Å². The molecule has 2 N–H and O–H groups in total. The molecule has 9 heteroatoms. The number of amides is 1. The van der Waals surface area contributed by atoms with Crippen molar-refractivity contribution in [1.29, 1.82) is 0 Å². The lowest BCUT2D eigenvalue weighted by atomic mass is 10.1. The van der Waals surface area contributed by atoms with E-state index in [0.29, 0.717) is 27.2 Å². The van der Waals surface area contributed by atoms with E-state index in [4.69, 9.17) is 23.2 Å². The molecule has 0 spiro atoms. The Morgan fingerprint density at radius 2 is 1.56 bits per heavy atom. The molecule has 3 rings (SSSR count). The smallest absolute Gasteiger partial charge is 0.261 e. The molecule has 168 valence electrons. The van der Waals surface area contributed by atoms with Gasteiger partial charge in [-0.05, 0) is 79.1 Å². The summed E-state index contributed by atoms with van der Waals surface area (Å²) in [6.07, 6.45) is 0. The Hall–Kier alpha value is -2.19. The topological polar surface area (TPSA) is 75.3 Å². The van der Waals surface area contributed by atoms with Crippen molar-refractivity contribution < 1.29 is 13.2 Å². The molecule has 3 aromatic rings. The number of carbonyl (C=O) groups is 1. The molecule has 0 heterocycles. The maximum Gasteiger partial charge on any atom is 0.261 e. The number of rotatable bonds is 8. The first-order chi connectivity index (χ1) is 15.1. The average molecular weight is 509 g/mol. The van der Waals surface area contributed by atoms with Crippen LogP contribution in [0.1, 0.15) is 16.7 Å². The van der Waals surface area contributed by atoms with Crippen LogP contribution in [-0.2, 0) is 20.6 Å². The van der Waals surface area contributed by atoms with Gasteiger partial charge in [0, 0.05) is 17.1 Å². The van der Waals surface area contributed by atoms with Crippen LogP contribution < -0.4 is 10.0 Å². The van der Waals surface area contributed by atoms with Gasteiger partial charge in [-0.15, -0.1) is 11.8 Å². The Labute approximate surface area is 202 Å². The fourth-order valence-electron chi connectivity index (χ4n) is 2.82. The number of carbonyl (C=O) groups excluding carboxylic acids is 1. The summed E-state index contributed by atoms with van der Waals surface area (Å²) in [5.74, 6) is 0.680. The van der Waals surface area contributed by atoms with Gasteiger partial charge >= 0.3 is 0 Å². The van der Waals surface area contributed by atoms with E-state index in [0.717, 1.165) is 16.7 Å². The number of hydrogen-bond acceptors (Lipinski definition) is 4. The molecule has 0 radical (unpaired) electrons. The molecule has 0 fully saturated rings.